The predicted octanol–water partition coefficient (Wildman–Crippen LogP) is 3.77. The van der Waals surface area contributed by atoms with Crippen LogP contribution < -0.4 is 10.6 Å². The van der Waals surface area contributed by atoms with E-state index >= 15 is 0 Å². The lowest BCUT2D eigenvalue weighted by Gasteiger charge is -2.22. The van der Waals surface area contributed by atoms with Crippen molar-refractivity contribution in [1.82, 2.24) is 20.1 Å². The van der Waals surface area contributed by atoms with Gasteiger partial charge in [0, 0.05) is 25.2 Å². The van der Waals surface area contributed by atoms with Crippen molar-refractivity contribution in [3.63, 3.8) is 0 Å². The molecular weight excluding hydrogens is 371 g/mol. The summed E-state index contributed by atoms with van der Waals surface area (Å²) in [4.78, 5) is 16.3. The molecule has 1 fully saturated rings. The number of carbonyl (C=O) groups is 1. The third kappa shape index (κ3) is 4.82. The van der Waals surface area contributed by atoms with Crippen LogP contribution in [0.15, 0.2) is 24.4 Å². The van der Waals surface area contributed by atoms with E-state index in [1.807, 2.05) is 26.8 Å². The van der Waals surface area contributed by atoms with Crippen molar-refractivity contribution in [2.75, 3.05) is 18.4 Å². The number of halogens is 3. The molecule has 1 aliphatic rings. The molecule has 1 aliphatic carbocycles. The van der Waals surface area contributed by atoms with Crippen LogP contribution in [-0.4, -0.2) is 33.8 Å². The molecule has 2 aromatic rings. The van der Waals surface area contributed by atoms with E-state index in [-0.39, 0.29) is 11.4 Å². The smallest absolute Gasteiger partial charge is 0.368 e. The molecule has 0 atom stereocenters. The summed E-state index contributed by atoms with van der Waals surface area (Å²) in [6.07, 6.45) is -1.42. The first-order valence-corrected chi connectivity index (χ1v) is 9.21. The highest BCUT2D eigenvalue weighted by Gasteiger charge is 2.31. The highest BCUT2D eigenvalue weighted by atomic mass is 19.4. The lowest BCUT2D eigenvalue weighted by molar-refractivity contribution is -0.137. The highest BCUT2D eigenvalue weighted by Crippen LogP contribution is 2.40. The largest absolute Gasteiger partial charge is 0.417 e. The van der Waals surface area contributed by atoms with Gasteiger partial charge in [0.2, 0.25) is 0 Å². The van der Waals surface area contributed by atoms with E-state index in [1.54, 1.807) is 4.68 Å². The number of hydrogen-bond donors (Lipinski definition) is 2. The summed E-state index contributed by atoms with van der Waals surface area (Å²) >= 11 is 0. The Labute approximate surface area is 161 Å². The molecule has 2 aromatic heterocycles. The highest BCUT2D eigenvalue weighted by molar-refractivity contribution is 5.92. The lowest BCUT2D eigenvalue weighted by atomic mass is 10.1. The van der Waals surface area contributed by atoms with Gasteiger partial charge in [0.25, 0.3) is 5.91 Å². The van der Waals surface area contributed by atoms with Crippen LogP contribution in [-0.2, 0) is 11.7 Å². The van der Waals surface area contributed by atoms with E-state index in [1.165, 1.54) is 6.07 Å². The van der Waals surface area contributed by atoms with Gasteiger partial charge in [0.1, 0.15) is 11.5 Å². The average Bonchev–Trinajstić information content (AvgIpc) is 3.35. The molecule has 0 radical (unpaired) electrons. The van der Waals surface area contributed by atoms with Crippen LogP contribution in [0.1, 0.15) is 61.3 Å². The molecule has 9 heteroatoms. The van der Waals surface area contributed by atoms with E-state index in [9.17, 15) is 18.0 Å². The zero-order valence-corrected chi connectivity index (χ0v) is 16.1. The molecule has 28 heavy (non-hydrogen) atoms. The molecule has 0 aliphatic heterocycles. The quantitative estimate of drug-likeness (QED) is 0.731. The van der Waals surface area contributed by atoms with Gasteiger partial charge in [-0.3, -0.25) is 9.48 Å². The number of alkyl halides is 3. The fourth-order valence-corrected chi connectivity index (χ4v) is 2.77. The maximum Gasteiger partial charge on any atom is 0.417 e. The maximum absolute atomic E-state index is 12.6. The Morgan fingerprint density at radius 1 is 1.21 bits per heavy atom. The van der Waals surface area contributed by atoms with Crippen LogP contribution in [0.25, 0.3) is 0 Å². The van der Waals surface area contributed by atoms with E-state index in [0.29, 0.717) is 30.5 Å². The Bertz CT molecular complexity index is 833. The summed E-state index contributed by atoms with van der Waals surface area (Å²) in [7, 11) is 0. The second kappa shape index (κ2) is 7.44. The van der Waals surface area contributed by atoms with Crippen LogP contribution in [0.2, 0.25) is 0 Å². The number of amides is 1. The molecule has 2 heterocycles. The van der Waals surface area contributed by atoms with Gasteiger partial charge in [-0.2, -0.15) is 18.3 Å². The molecule has 152 valence electrons. The van der Waals surface area contributed by atoms with Crippen molar-refractivity contribution in [1.29, 1.82) is 0 Å². The molecule has 1 saturated carbocycles. The molecular formula is C19H24F3N5O. The Kier molecular flexibility index (Phi) is 5.36. The van der Waals surface area contributed by atoms with Crippen molar-refractivity contribution in [3.05, 3.63) is 41.3 Å². The molecule has 0 spiro atoms. The third-order valence-electron chi connectivity index (χ3n) is 4.40. The van der Waals surface area contributed by atoms with E-state index in [0.717, 1.165) is 30.8 Å². The molecule has 3 rings (SSSR count). The van der Waals surface area contributed by atoms with Crippen molar-refractivity contribution in [2.45, 2.75) is 51.2 Å². The van der Waals surface area contributed by atoms with Crippen LogP contribution in [0.4, 0.5) is 19.0 Å². The third-order valence-corrected chi connectivity index (χ3v) is 4.40. The van der Waals surface area contributed by atoms with Crippen LogP contribution in [0, 0.1) is 0 Å². The molecule has 0 aromatic carbocycles. The van der Waals surface area contributed by atoms with Gasteiger partial charge in [-0.1, -0.05) is 0 Å². The number of nitrogens with zero attached hydrogens (tertiary/aromatic N) is 3. The minimum absolute atomic E-state index is 0.225. The number of hydrogen-bond acceptors (Lipinski definition) is 4. The Balaban J connectivity index is 1.55. The molecule has 0 bridgehead atoms. The van der Waals surface area contributed by atoms with Gasteiger partial charge < -0.3 is 10.6 Å². The van der Waals surface area contributed by atoms with Crippen molar-refractivity contribution in [2.24, 2.45) is 0 Å². The summed E-state index contributed by atoms with van der Waals surface area (Å²) < 4.78 is 39.4. The van der Waals surface area contributed by atoms with Gasteiger partial charge in [0.05, 0.1) is 16.8 Å². The predicted molar refractivity (Wildman–Crippen MR) is 99.3 cm³/mol. The first-order valence-electron chi connectivity index (χ1n) is 9.21. The zero-order valence-electron chi connectivity index (χ0n) is 16.1. The minimum Gasteiger partial charge on any atom is -0.368 e. The van der Waals surface area contributed by atoms with Crippen LogP contribution in [0.5, 0.6) is 0 Å². The number of nitrogens with one attached hydrogen (secondary N) is 2. The minimum atomic E-state index is -4.41. The Morgan fingerprint density at radius 2 is 1.93 bits per heavy atom. The van der Waals surface area contributed by atoms with Gasteiger partial charge in [0.15, 0.2) is 0 Å². The first kappa shape index (κ1) is 20.2. The monoisotopic (exact) mass is 395 g/mol. The summed E-state index contributed by atoms with van der Waals surface area (Å²) in [6, 6.07) is 4.08. The van der Waals surface area contributed by atoms with Crippen molar-refractivity contribution >= 4 is 11.7 Å². The number of aromatic nitrogens is 3. The fourth-order valence-electron chi connectivity index (χ4n) is 2.77. The molecule has 2 N–H and O–H groups in total. The number of rotatable bonds is 6. The normalized spacial score (nSPS) is 14.8. The molecule has 1 amide bonds. The summed E-state index contributed by atoms with van der Waals surface area (Å²) in [5.74, 6) is 0.539. The number of anilines is 1. The fraction of sp³-hybridized carbons (Fsp3) is 0.526. The standard InChI is InChI=1S/C19H24F3N5O/c1-18(2,3)27-15(10-14(26-27)12-4-5-12)17(28)24-9-8-23-16-7-6-13(11-25-16)19(20,21)22/h6-7,10-12H,4-5,8-9H2,1-3H3,(H,23,25)(H,24,28). The topological polar surface area (TPSA) is 71.8 Å². The SMILES string of the molecule is CC(C)(C)n1nc(C2CC2)cc1C(=O)NCCNc1ccc(C(F)(F)F)cn1. The van der Waals surface area contributed by atoms with E-state index in [4.69, 9.17) is 0 Å². The van der Waals surface area contributed by atoms with Gasteiger partial charge >= 0.3 is 6.18 Å². The maximum atomic E-state index is 12.6. The Morgan fingerprint density at radius 3 is 2.46 bits per heavy atom. The van der Waals surface area contributed by atoms with Crippen molar-refractivity contribution in [3.8, 4) is 0 Å². The van der Waals surface area contributed by atoms with Gasteiger partial charge in [-0.15, -0.1) is 0 Å². The van der Waals surface area contributed by atoms with Crippen LogP contribution in [0.3, 0.4) is 0 Å². The molecule has 0 unspecified atom stereocenters. The van der Waals surface area contributed by atoms with Crippen molar-refractivity contribution < 1.29 is 18.0 Å². The summed E-state index contributed by atoms with van der Waals surface area (Å²) in [5, 5.41) is 10.3. The molecule has 6 nitrogen and oxygen atoms in total. The second-order valence-electron chi connectivity index (χ2n) is 7.92. The number of carbonyl (C=O) groups excluding carboxylic acids is 1. The van der Waals surface area contributed by atoms with Crippen LogP contribution >= 0.6 is 0 Å². The summed E-state index contributed by atoms with van der Waals surface area (Å²) in [5.41, 5.74) is 0.352. The molecule has 0 saturated heterocycles. The average molecular weight is 395 g/mol. The van der Waals surface area contributed by atoms with Gasteiger partial charge in [-0.05, 0) is 51.8 Å². The zero-order chi connectivity index (χ0) is 20.5. The Hall–Kier alpha value is -2.58. The first-order chi connectivity index (χ1) is 13.1. The number of pyridine rings is 1. The van der Waals surface area contributed by atoms with Gasteiger partial charge in [-0.25, -0.2) is 4.98 Å². The second-order valence-corrected chi connectivity index (χ2v) is 7.92. The van der Waals surface area contributed by atoms with E-state index < -0.39 is 11.7 Å². The van der Waals surface area contributed by atoms with E-state index in [2.05, 4.69) is 20.7 Å². The summed E-state index contributed by atoms with van der Waals surface area (Å²) in [6.45, 7) is 6.61. The lowest BCUT2D eigenvalue weighted by Crippen LogP contribution is -2.34.